The number of anilines is 2. The summed E-state index contributed by atoms with van der Waals surface area (Å²) < 4.78 is 34.8. The first-order valence-corrected chi connectivity index (χ1v) is 8.61. The monoisotopic (exact) mass is 414 g/mol. The highest BCUT2D eigenvalue weighted by Gasteiger charge is 2.23. The Morgan fingerprint density at radius 1 is 1.00 bits per heavy atom. The lowest BCUT2D eigenvalue weighted by Crippen LogP contribution is -2.26. The standard InChI is InChI=1S/C21H16F2N2O5/c1-29-18-11-16(7-8-17(18)30-21(22)23)25(19(26)14-5-3-9-24-12-14)15-6-2-4-13(10-15)20(27)28/h2-12,21H,1H3,(H,27,28). The van der Waals surface area contributed by atoms with Crippen LogP contribution >= 0.6 is 0 Å². The molecule has 0 spiro atoms. The fraction of sp³-hybridized carbons (Fsp3) is 0.0952. The highest BCUT2D eigenvalue weighted by Crippen LogP contribution is 2.36. The van der Waals surface area contributed by atoms with E-state index in [1.165, 1.54) is 60.8 Å². The van der Waals surface area contributed by atoms with Gasteiger partial charge in [-0.05, 0) is 42.5 Å². The topological polar surface area (TPSA) is 89.0 Å². The van der Waals surface area contributed by atoms with Crippen LogP contribution in [0.3, 0.4) is 0 Å². The largest absolute Gasteiger partial charge is 0.493 e. The van der Waals surface area contributed by atoms with Crippen LogP contribution in [0, 0.1) is 0 Å². The highest BCUT2D eigenvalue weighted by atomic mass is 19.3. The molecule has 0 unspecified atom stereocenters. The van der Waals surface area contributed by atoms with Crippen LogP contribution in [0.4, 0.5) is 20.2 Å². The lowest BCUT2D eigenvalue weighted by molar-refractivity contribution is -0.0512. The normalized spacial score (nSPS) is 10.5. The van der Waals surface area contributed by atoms with Gasteiger partial charge in [0.1, 0.15) is 0 Å². The van der Waals surface area contributed by atoms with E-state index in [1.807, 2.05) is 0 Å². The molecule has 154 valence electrons. The van der Waals surface area contributed by atoms with Crippen molar-refractivity contribution in [3.63, 3.8) is 0 Å². The van der Waals surface area contributed by atoms with Crippen molar-refractivity contribution in [2.45, 2.75) is 6.61 Å². The van der Waals surface area contributed by atoms with Crippen molar-refractivity contribution in [1.29, 1.82) is 0 Å². The maximum absolute atomic E-state index is 13.2. The predicted molar refractivity (Wildman–Crippen MR) is 104 cm³/mol. The van der Waals surface area contributed by atoms with Gasteiger partial charge in [-0.15, -0.1) is 0 Å². The Kier molecular flexibility index (Phi) is 6.21. The molecule has 1 aromatic heterocycles. The van der Waals surface area contributed by atoms with E-state index in [0.717, 1.165) is 0 Å². The Morgan fingerprint density at radius 2 is 1.73 bits per heavy atom. The second-order valence-corrected chi connectivity index (χ2v) is 5.95. The summed E-state index contributed by atoms with van der Waals surface area (Å²) in [6.45, 7) is -3.05. The van der Waals surface area contributed by atoms with Crippen molar-refractivity contribution in [3.05, 3.63) is 78.1 Å². The lowest BCUT2D eigenvalue weighted by Gasteiger charge is -2.24. The second kappa shape index (κ2) is 8.99. The van der Waals surface area contributed by atoms with Crippen LogP contribution in [-0.2, 0) is 0 Å². The average Bonchev–Trinajstić information content (AvgIpc) is 2.75. The van der Waals surface area contributed by atoms with E-state index >= 15 is 0 Å². The Balaban J connectivity index is 2.13. The lowest BCUT2D eigenvalue weighted by atomic mass is 10.1. The van der Waals surface area contributed by atoms with Crippen molar-refractivity contribution < 1.29 is 33.0 Å². The fourth-order valence-electron chi connectivity index (χ4n) is 2.77. The summed E-state index contributed by atoms with van der Waals surface area (Å²) in [4.78, 5) is 29.8. The molecule has 0 radical (unpaired) electrons. The van der Waals surface area contributed by atoms with Crippen LogP contribution in [0.5, 0.6) is 11.5 Å². The van der Waals surface area contributed by atoms with Crippen LogP contribution in [0.1, 0.15) is 20.7 Å². The quantitative estimate of drug-likeness (QED) is 0.618. The number of methoxy groups -OCH3 is 1. The van der Waals surface area contributed by atoms with E-state index in [0.29, 0.717) is 0 Å². The van der Waals surface area contributed by atoms with E-state index in [2.05, 4.69) is 9.72 Å². The zero-order chi connectivity index (χ0) is 21.7. The molecule has 0 aliphatic carbocycles. The molecule has 30 heavy (non-hydrogen) atoms. The van der Waals surface area contributed by atoms with Gasteiger partial charge in [0, 0.05) is 18.5 Å². The summed E-state index contributed by atoms with van der Waals surface area (Å²) in [5, 5.41) is 9.30. The molecule has 2 aromatic carbocycles. The van der Waals surface area contributed by atoms with Crippen LogP contribution in [-0.4, -0.2) is 35.7 Å². The summed E-state index contributed by atoms with van der Waals surface area (Å²) in [7, 11) is 1.27. The molecule has 0 atom stereocenters. The summed E-state index contributed by atoms with van der Waals surface area (Å²) in [6.07, 6.45) is 2.87. The summed E-state index contributed by atoms with van der Waals surface area (Å²) in [5.74, 6) is -1.89. The molecule has 1 amide bonds. The van der Waals surface area contributed by atoms with Gasteiger partial charge in [0.2, 0.25) is 0 Å². The third kappa shape index (κ3) is 4.52. The SMILES string of the molecule is COc1cc(N(C(=O)c2cccnc2)c2cccc(C(=O)O)c2)ccc1OC(F)F. The molecule has 0 bridgehead atoms. The van der Waals surface area contributed by atoms with Gasteiger partial charge in [-0.1, -0.05) is 6.07 Å². The minimum Gasteiger partial charge on any atom is -0.493 e. The Morgan fingerprint density at radius 3 is 2.37 bits per heavy atom. The first kappa shape index (κ1) is 20.7. The Labute approximate surface area is 170 Å². The number of carboxylic acids is 1. The number of nitrogens with zero attached hydrogens (tertiary/aromatic N) is 2. The number of hydrogen-bond donors (Lipinski definition) is 1. The number of carbonyl (C=O) groups excluding carboxylic acids is 1. The predicted octanol–water partition coefficient (Wildman–Crippen LogP) is 4.37. The van der Waals surface area contributed by atoms with Crippen LogP contribution in [0.15, 0.2) is 67.0 Å². The number of pyridine rings is 1. The van der Waals surface area contributed by atoms with Crippen molar-refractivity contribution >= 4 is 23.3 Å². The number of alkyl halides is 2. The number of aromatic nitrogens is 1. The van der Waals surface area contributed by atoms with Gasteiger partial charge in [0.25, 0.3) is 5.91 Å². The van der Waals surface area contributed by atoms with Crippen LogP contribution in [0.25, 0.3) is 0 Å². The molecule has 3 aromatic rings. The average molecular weight is 414 g/mol. The van der Waals surface area contributed by atoms with Crippen molar-refractivity contribution in [1.82, 2.24) is 4.98 Å². The molecule has 0 aliphatic heterocycles. The minimum atomic E-state index is -3.05. The molecular weight excluding hydrogens is 398 g/mol. The van der Waals surface area contributed by atoms with Gasteiger partial charge in [-0.25, -0.2) is 4.79 Å². The molecule has 1 N–H and O–H groups in total. The number of amides is 1. The summed E-state index contributed by atoms with van der Waals surface area (Å²) in [5.41, 5.74) is 0.726. The fourth-order valence-corrected chi connectivity index (χ4v) is 2.77. The van der Waals surface area contributed by atoms with Gasteiger partial charge in [0.05, 0.1) is 29.6 Å². The van der Waals surface area contributed by atoms with Gasteiger partial charge in [-0.3, -0.25) is 14.7 Å². The number of carbonyl (C=O) groups is 2. The molecule has 0 aliphatic rings. The number of hydrogen-bond acceptors (Lipinski definition) is 5. The molecule has 1 heterocycles. The Hall–Kier alpha value is -4.01. The van der Waals surface area contributed by atoms with E-state index in [9.17, 15) is 23.5 Å². The summed E-state index contributed by atoms with van der Waals surface area (Å²) >= 11 is 0. The second-order valence-electron chi connectivity index (χ2n) is 5.95. The number of aromatic carboxylic acids is 1. The first-order chi connectivity index (χ1) is 14.4. The highest BCUT2D eigenvalue weighted by molar-refractivity contribution is 6.11. The zero-order valence-electron chi connectivity index (χ0n) is 15.7. The number of rotatable bonds is 7. The number of benzene rings is 2. The van der Waals surface area contributed by atoms with Crippen LogP contribution in [0.2, 0.25) is 0 Å². The van der Waals surface area contributed by atoms with Crippen LogP contribution < -0.4 is 14.4 Å². The van der Waals surface area contributed by atoms with Gasteiger partial charge < -0.3 is 14.6 Å². The molecule has 0 saturated heterocycles. The molecular formula is C21H16F2N2O5. The van der Waals surface area contributed by atoms with Gasteiger partial charge in [-0.2, -0.15) is 8.78 Å². The van der Waals surface area contributed by atoms with Crippen molar-refractivity contribution in [3.8, 4) is 11.5 Å². The van der Waals surface area contributed by atoms with E-state index in [-0.39, 0.29) is 34.0 Å². The van der Waals surface area contributed by atoms with E-state index in [1.54, 1.807) is 18.2 Å². The number of halogens is 2. The molecule has 0 saturated carbocycles. The maximum Gasteiger partial charge on any atom is 0.387 e. The Bertz CT molecular complexity index is 1060. The smallest absolute Gasteiger partial charge is 0.387 e. The molecule has 7 nitrogen and oxygen atoms in total. The minimum absolute atomic E-state index is 0.0221. The molecule has 9 heteroatoms. The maximum atomic E-state index is 13.2. The van der Waals surface area contributed by atoms with E-state index < -0.39 is 18.5 Å². The van der Waals surface area contributed by atoms with Gasteiger partial charge in [0.15, 0.2) is 11.5 Å². The number of carboxylic acid groups (broad SMARTS) is 1. The molecule has 3 rings (SSSR count). The van der Waals surface area contributed by atoms with Crippen molar-refractivity contribution in [2.24, 2.45) is 0 Å². The third-order valence-corrected chi connectivity index (χ3v) is 4.08. The third-order valence-electron chi connectivity index (χ3n) is 4.08. The first-order valence-electron chi connectivity index (χ1n) is 8.61. The molecule has 0 fully saturated rings. The number of ether oxygens (including phenoxy) is 2. The van der Waals surface area contributed by atoms with Gasteiger partial charge >= 0.3 is 12.6 Å². The van der Waals surface area contributed by atoms with E-state index in [4.69, 9.17) is 4.74 Å². The zero-order valence-corrected chi connectivity index (χ0v) is 15.7. The van der Waals surface area contributed by atoms with Crippen molar-refractivity contribution in [2.75, 3.05) is 12.0 Å². The summed E-state index contributed by atoms with van der Waals surface area (Å²) in [6, 6.07) is 12.9.